The number of amides is 2. The molecule has 0 spiro atoms. The third-order valence-corrected chi connectivity index (χ3v) is 5.32. The summed E-state index contributed by atoms with van der Waals surface area (Å²) < 4.78 is 0. The number of hydrogen-bond donors (Lipinski definition) is 2. The van der Waals surface area contributed by atoms with E-state index in [1.165, 1.54) is 16.5 Å². The molecule has 0 unspecified atom stereocenters. The molecule has 1 aromatic heterocycles. The molecule has 26 heavy (non-hydrogen) atoms. The maximum absolute atomic E-state index is 12.6. The second kappa shape index (κ2) is 7.36. The van der Waals surface area contributed by atoms with Crippen molar-refractivity contribution in [2.45, 2.75) is 40.2 Å². The Morgan fingerprint density at radius 3 is 2.88 bits per heavy atom. The molecule has 5 heteroatoms. The number of aryl methyl sites for hydroxylation is 3. The van der Waals surface area contributed by atoms with Gasteiger partial charge in [0.2, 0.25) is 11.8 Å². The minimum Gasteiger partial charge on any atom is -0.358 e. The first-order chi connectivity index (χ1) is 12.4. The molecule has 2 heterocycles. The van der Waals surface area contributed by atoms with Gasteiger partial charge in [0, 0.05) is 37.1 Å². The van der Waals surface area contributed by atoms with Gasteiger partial charge in [0.15, 0.2) is 0 Å². The zero-order valence-electron chi connectivity index (χ0n) is 15.8. The van der Waals surface area contributed by atoms with Crippen molar-refractivity contribution in [2.24, 2.45) is 5.92 Å². The van der Waals surface area contributed by atoms with Crippen LogP contribution in [0.25, 0.3) is 10.9 Å². The maximum Gasteiger partial charge on any atom is 0.225 e. The molecule has 5 nitrogen and oxygen atoms in total. The second-order valence-corrected chi connectivity index (χ2v) is 7.26. The molecule has 2 N–H and O–H groups in total. The van der Waals surface area contributed by atoms with E-state index in [-0.39, 0.29) is 17.7 Å². The number of nitrogens with zero attached hydrogens (tertiary/aromatic N) is 1. The zero-order valence-corrected chi connectivity index (χ0v) is 15.8. The standard InChI is InChI=1S/C21H27N3O2/c1-5-8-24-12-16(6-7-19(24)25)21(26)22-11-17-9-13(2)10-18-14(3)15(4)23-20(17)18/h5,9-10,16,23H,1,6-8,11-12H2,2-4H3,(H,22,26)/t16-/m0/s1. The predicted molar refractivity (Wildman–Crippen MR) is 104 cm³/mol. The summed E-state index contributed by atoms with van der Waals surface area (Å²) >= 11 is 0. The lowest BCUT2D eigenvalue weighted by atomic mass is 9.96. The van der Waals surface area contributed by atoms with Crippen LogP contribution in [-0.4, -0.2) is 34.8 Å². The average molecular weight is 353 g/mol. The Morgan fingerprint density at radius 2 is 2.15 bits per heavy atom. The third kappa shape index (κ3) is 3.52. The van der Waals surface area contributed by atoms with Crippen LogP contribution in [0.3, 0.4) is 0 Å². The van der Waals surface area contributed by atoms with Crippen molar-refractivity contribution in [1.82, 2.24) is 15.2 Å². The first kappa shape index (κ1) is 18.2. The third-order valence-electron chi connectivity index (χ3n) is 5.32. The van der Waals surface area contributed by atoms with Crippen molar-refractivity contribution in [2.75, 3.05) is 13.1 Å². The van der Waals surface area contributed by atoms with Gasteiger partial charge in [-0.3, -0.25) is 9.59 Å². The summed E-state index contributed by atoms with van der Waals surface area (Å²) in [5.74, 6) is -0.0343. The summed E-state index contributed by atoms with van der Waals surface area (Å²) in [5.41, 5.74) is 5.79. The molecule has 0 aliphatic carbocycles. The zero-order chi connectivity index (χ0) is 18.8. The largest absolute Gasteiger partial charge is 0.358 e. The highest BCUT2D eigenvalue weighted by molar-refractivity contribution is 5.88. The molecule has 2 amide bonds. The Morgan fingerprint density at radius 1 is 1.38 bits per heavy atom. The first-order valence-electron chi connectivity index (χ1n) is 9.15. The highest BCUT2D eigenvalue weighted by Crippen LogP contribution is 2.26. The molecule has 1 aliphatic rings. The van der Waals surface area contributed by atoms with E-state index in [4.69, 9.17) is 0 Å². The van der Waals surface area contributed by atoms with Crippen molar-refractivity contribution in [1.29, 1.82) is 0 Å². The molecule has 1 fully saturated rings. The van der Waals surface area contributed by atoms with Gasteiger partial charge in [-0.1, -0.05) is 17.7 Å². The number of piperidine rings is 1. The maximum atomic E-state index is 12.6. The lowest BCUT2D eigenvalue weighted by Crippen LogP contribution is -2.45. The molecule has 0 saturated carbocycles. The van der Waals surface area contributed by atoms with Crippen LogP contribution in [0.1, 0.15) is 35.2 Å². The van der Waals surface area contributed by atoms with Gasteiger partial charge in [0.1, 0.15) is 0 Å². The molecule has 0 bridgehead atoms. The van der Waals surface area contributed by atoms with E-state index in [9.17, 15) is 9.59 Å². The Labute approximate surface area is 154 Å². The van der Waals surface area contributed by atoms with E-state index >= 15 is 0 Å². The van der Waals surface area contributed by atoms with Crippen molar-refractivity contribution in [3.63, 3.8) is 0 Å². The molecule has 1 aromatic carbocycles. The molecular formula is C21H27N3O2. The lowest BCUT2D eigenvalue weighted by Gasteiger charge is -2.31. The fourth-order valence-electron chi connectivity index (χ4n) is 3.72. The van der Waals surface area contributed by atoms with Crippen molar-refractivity contribution >= 4 is 22.7 Å². The van der Waals surface area contributed by atoms with Gasteiger partial charge in [0.25, 0.3) is 0 Å². The van der Waals surface area contributed by atoms with E-state index in [2.05, 4.69) is 49.8 Å². The van der Waals surface area contributed by atoms with E-state index in [1.54, 1.807) is 11.0 Å². The number of rotatable bonds is 5. The van der Waals surface area contributed by atoms with Crippen LogP contribution in [0.2, 0.25) is 0 Å². The van der Waals surface area contributed by atoms with Crippen LogP contribution in [0.15, 0.2) is 24.8 Å². The monoisotopic (exact) mass is 353 g/mol. The number of likely N-dealkylation sites (tertiary alicyclic amines) is 1. The quantitative estimate of drug-likeness (QED) is 0.811. The van der Waals surface area contributed by atoms with Crippen LogP contribution in [0.5, 0.6) is 0 Å². The summed E-state index contributed by atoms with van der Waals surface area (Å²) in [6.45, 7) is 11.4. The van der Waals surface area contributed by atoms with Gasteiger partial charge in [0.05, 0.1) is 11.4 Å². The smallest absolute Gasteiger partial charge is 0.225 e. The fourth-order valence-corrected chi connectivity index (χ4v) is 3.72. The van der Waals surface area contributed by atoms with Crippen molar-refractivity contribution in [3.8, 4) is 0 Å². The van der Waals surface area contributed by atoms with Gasteiger partial charge in [-0.2, -0.15) is 0 Å². The lowest BCUT2D eigenvalue weighted by molar-refractivity contribution is -0.137. The average Bonchev–Trinajstić information content (AvgIpc) is 2.89. The van der Waals surface area contributed by atoms with E-state index in [0.717, 1.165) is 16.8 Å². The summed E-state index contributed by atoms with van der Waals surface area (Å²) in [5, 5.41) is 4.29. The number of nitrogens with one attached hydrogen (secondary N) is 2. The predicted octanol–water partition coefficient (Wildman–Crippen LogP) is 3.13. The van der Waals surface area contributed by atoms with Crippen LogP contribution in [-0.2, 0) is 16.1 Å². The van der Waals surface area contributed by atoms with E-state index < -0.39 is 0 Å². The molecule has 1 saturated heterocycles. The highest BCUT2D eigenvalue weighted by Gasteiger charge is 2.29. The van der Waals surface area contributed by atoms with Crippen LogP contribution >= 0.6 is 0 Å². The Hall–Kier alpha value is -2.56. The van der Waals surface area contributed by atoms with Crippen LogP contribution < -0.4 is 5.32 Å². The molecule has 3 rings (SSSR count). The van der Waals surface area contributed by atoms with Gasteiger partial charge in [-0.15, -0.1) is 6.58 Å². The normalized spacial score (nSPS) is 17.6. The van der Waals surface area contributed by atoms with Gasteiger partial charge >= 0.3 is 0 Å². The summed E-state index contributed by atoms with van der Waals surface area (Å²) in [4.78, 5) is 29.7. The number of hydrogen-bond acceptors (Lipinski definition) is 2. The highest BCUT2D eigenvalue weighted by atomic mass is 16.2. The molecule has 0 radical (unpaired) electrons. The van der Waals surface area contributed by atoms with E-state index in [0.29, 0.717) is 32.5 Å². The van der Waals surface area contributed by atoms with Gasteiger partial charge < -0.3 is 15.2 Å². The van der Waals surface area contributed by atoms with Gasteiger partial charge in [-0.05, 0) is 44.4 Å². The number of carbonyl (C=O) groups excluding carboxylic acids is 2. The van der Waals surface area contributed by atoms with Gasteiger partial charge in [-0.25, -0.2) is 0 Å². The Kier molecular flexibility index (Phi) is 5.16. The molecule has 138 valence electrons. The molecule has 2 aromatic rings. The minimum absolute atomic E-state index is 0.0150. The minimum atomic E-state index is -0.153. The number of aromatic nitrogens is 1. The Balaban J connectivity index is 1.72. The number of aromatic amines is 1. The molecular weight excluding hydrogens is 326 g/mol. The number of carbonyl (C=O) groups is 2. The first-order valence-corrected chi connectivity index (χ1v) is 9.15. The fraction of sp³-hybridized carbons (Fsp3) is 0.429. The van der Waals surface area contributed by atoms with Crippen LogP contribution in [0.4, 0.5) is 0 Å². The number of benzene rings is 1. The number of H-pyrrole nitrogens is 1. The molecule has 1 atom stereocenters. The summed E-state index contributed by atoms with van der Waals surface area (Å²) in [6, 6.07) is 4.30. The number of fused-ring (bicyclic) bond motifs is 1. The van der Waals surface area contributed by atoms with E-state index in [1.807, 2.05) is 0 Å². The topological polar surface area (TPSA) is 65.2 Å². The summed E-state index contributed by atoms with van der Waals surface area (Å²) in [7, 11) is 0. The second-order valence-electron chi connectivity index (χ2n) is 7.26. The van der Waals surface area contributed by atoms with Crippen molar-refractivity contribution < 1.29 is 9.59 Å². The van der Waals surface area contributed by atoms with Crippen LogP contribution in [0, 0.1) is 26.7 Å². The van der Waals surface area contributed by atoms with Crippen molar-refractivity contribution in [3.05, 3.63) is 47.2 Å². The Bertz CT molecular complexity index is 866. The summed E-state index contributed by atoms with van der Waals surface area (Å²) in [6.07, 6.45) is 2.75. The SMILES string of the molecule is C=CCN1C[C@@H](C(=O)NCc2cc(C)cc3c(C)c(C)[nH]c23)CCC1=O. The molecule has 1 aliphatic heterocycles.